The van der Waals surface area contributed by atoms with E-state index in [-0.39, 0.29) is 11.6 Å². The molecule has 1 unspecified atom stereocenters. The number of pyridine rings is 1. The van der Waals surface area contributed by atoms with Gasteiger partial charge in [0.1, 0.15) is 17.1 Å². The first-order valence-electron chi connectivity index (χ1n) is 6.31. The second kappa shape index (κ2) is 6.45. The average Bonchev–Trinajstić information content (AvgIpc) is 2.47. The first-order chi connectivity index (χ1) is 10.0. The summed E-state index contributed by atoms with van der Waals surface area (Å²) in [4.78, 5) is 15.3. The number of carboxylic acids is 1. The van der Waals surface area contributed by atoms with Gasteiger partial charge in [-0.15, -0.1) is 0 Å². The van der Waals surface area contributed by atoms with Gasteiger partial charge in [-0.25, -0.2) is 9.78 Å². The van der Waals surface area contributed by atoms with Crippen LogP contribution in [0.2, 0.25) is 5.02 Å². The van der Waals surface area contributed by atoms with E-state index in [1.807, 2.05) is 13.0 Å². The van der Waals surface area contributed by atoms with Crippen molar-refractivity contribution in [1.82, 2.24) is 4.98 Å². The van der Waals surface area contributed by atoms with Crippen LogP contribution in [0.25, 0.3) is 0 Å². The number of hydrogen-bond acceptors (Lipinski definition) is 4. The molecule has 0 amide bonds. The molecule has 1 atom stereocenters. The molecule has 110 valence electrons. The number of anilines is 1. The smallest absolute Gasteiger partial charge is 0.339 e. The topological polar surface area (TPSA) is 71.5 Å². The Balaban J connectivity index is 2.30. The van der Waals surface area contributed by atoms with Crippen LogP contribution in [0.5, 0.6) is 5.75 Å². The summed E-state index contributed by atoms with van der Waals surface area (Å²) in [5, 5.41) is 12.8. The quantitative estimate of drug-likeness (QED) is 0.883. The summed E-state index contributed by atoms with van der Waals surface area (Å²) in [5.41, 5.74) is 0.987. The molecule has 1 aromatic carbocycles. The summed E-state index contributed by atoms with van der Waals surface area (Å²) in [6, 6.07) is 8.21. The molecule has 1 heterocycles. The van der Waals surface area contributed by atoms with Gasteiger partial charge in [0, 0.05) is 16.8 Å². The van der Waals surface area contributed by atoms with E-state index < -0.39 is 5.97 Å². The Morgan fingerprint density at radius 2 is 2.19 bits per heavy atom. The van der Waals surface area contributed by atoms with Gasteiger partial charge >= 0.3 is 5.97 Å². The van der Waals surface area contributed by atoms with Crippen molar-refractivity contribution in [2.45, 2.75) is 13.0 Å². The number of aromatic carboxylic acids is 1. The molecule has 6 heteroatoms. The van der Waals surface area contributed by atoms with Gasteiger partial charge in [0.2, 0.25) is 0 Å². The number of nitrogens with one attached hydrogen (secondary N) is 1. The van der Waals surface area contributed by atoms with Crippen LogP contribution in [-0.2, 0) is 0 Å². The third-order valence-electron chi connectivity index (χ3n) is 3.05. The number of hydrogen-bond donors (Lipinski definition) is 2. The maximum absolute atomic E-state index is 11.2. The standard InChI is InChI=1S/C15H15ClN2O3/c1-9(11-6-5-10(16)8-13(11)21-2)18-14-12(15(19)20)4-3-7-17-14/h3-9H,1-2H3,(H,17,18)(H,19,20). The van der Waals surface area contributed by atoms with E-state index in [9.17, 15) is 4.79 Å². The molecule has 0 aliphatic rings. The van der Waals surface area contributed by atoms with Crippen LogP contribution in [0.3, 0.4) is 0 Å². The molecule has 0 fully saturated rings. The second-order valence-corrected chi connectivity index (χ2v) is 4.89. The average molecular weight is 307 g/mol. The fourth-order valence-corrected chi connectivity index (χ4v) is 2.18. The summed E-state index contributed by atoms with van der Waals surface area (Å²) in [6.07, 6.45) is 1.54. The maximum atomic E-state index is 11.2. The van der Waals surface area contributed by atoms with E-state index in [2.05, 4.69) is 10.3 Å². The largest absolute Gasteiger partial charge is 0.496 e. The van der Waals surface area contributed by atoms with Gasteiger partial charge in [-0.3, -0.25) is 0 Å². The molecule has 0 radical (unpaired) electrons. The van der Waals surface area contributed by atoms with Crippen molar-refractivity contribution in [3.63, 3.8) is 0 Å². The molecule has 0 saturated carbocycles. The molecule has 0 bridgehead atoms. The van der Waals surface area contributed by atoms with Crippen molar-refractivity contribution in [1.29, 1.82) is 0 Å². The number of benzene rings is 1. The number of aromatic nitrogens is 1. The summed E-state index contributed by atoms with van der Waals surface area (Å²) in [6.45, 7) is 1.89. The van der Waals surface area contributed by atoms with Crippen LogP contribution in [0.4, 0.5) is 5.82 Å². The third-order valence-corrected chi connectivity index (χ3v) is 3.29. The lowest BCUT2D eigenvalue weighted by atomic mass is 10.1. The fraction of sp³-hybridized carbons (Fsp3) is 0.200. The van der Waals surface area contributed by atoms with Gasteiger partial charge in [0.25, 0.3) is 0 Å². The zero-order valence-electron chi connectivity index (χ0n) is 11.6. The van der Waals surface area contributed by atoms with Crippen molar-refractivity contribution in [3.8, 4) is 5.75 Å². The Morgan fingerprint density at radius 1 is 1.43 bits per heavy atom. The minimum absolute atomic E-state index is 0.122. The van der Waals surface area contributed by atoms with Crippen molar-refractivity contribution < 1.29 is 14.6 Å². The maximum Gasteiger partial charge on any atom is 0.339 e. The summed E-state index contributed by atoms with van der Waals surface area (Å²) in [5.74, 6) is -0.0781. The molecule has 0 spiro atoms. The number of carboxylic acid groups (broad SMARTS) is 1. The molecular weight excluding hydrogens is 292 g/mol. The summed E-state index contributed by atoms with van der Waals surface area (Å²) in [7, 11) is 1.56. The molecule has 0 saturated heterocycles. The lowest BCUT2D eigenvalue weighted by molar-refractivity contribution is 0.0697. The predicted molar refractivity (Wildman–Crippen MR) is 81.2 cm³/mol. The minimum Gasteiger partial charge on any atom is -0.496 e. The summed E-state index contributed by atoms with van der Waals surface area (Å²) < 4.78 is 5.30. The Hall–Kier alpha value is -2.27. The highest BCUT2D eigenvalue weighted by Gasteiger charge is 2.16. The monoisotopic (exact) mass is 306 g/mol. The Bertz CT molecular complexity index is 661. The van der Waals surface area contributed by atoms with Crippen molar-refractivity contribution in [3.05, 3.63) is 52.7 Å². The Morgan fingerprint density at radius 3 is 2.86 bits per heavy atom. The first kappa shape index (κ1) is 15.1. The van der Waals surface area contributed by atoms with Gasteiger partial charge in [0.05, 0.1) is 13.2 Å². The van der Waals surface area contributed by atoms with Crippen LogP contribution in [0.15, 0.2) is 36.5 Å². The van der Waals surface area contributed by atoms with E-state index in [0.29, 0.717) is 16.6 Å². The van der Waals surface area contributed by atoms with Crippen LogP contribution in [-0.4, -0.2) is 23.2 Å². The van der Waals surface area contributed by atoms with E-state index in [1.165, 1.54) is 6.07 Å². The second-order valence-electron chi connectivity index (χ2n) is 4.46. The minimum atomic E-state index is -1.03. The van der Waals surface area contributed by atoms with E-state index >= 15 is 0 Å². The number of ether oxygens (including phenoxy) is 1. The van der Waals surface area contributed by atoms with Crippen molar-refractivity contribution in [2.75, 3.05) is 12.4 Å². The van der Waals surface area contributed by atoms with Gasteiger partial charge in [0.15, 0.2) is 0 Å². The molecule has 2 rings (SSSR count). The highest BCUT2D eigenvalue weighted by atomic mass is 35.5. The first-order valence-corrected chi connectivity index (χ1v) is 6.69. The molecule has 21 heavy (non-hydrogen) atoms. The molecule has 5 nitrogen and oxygen atoms in total. The molecule has 1 aromatic heterocycles. The van der Waals surface area contributed by atoms with E-state index in [4.69, 9.17) is 21.4 Å². The zero-order chi connectivity index (χ0) is 15.4. The van der Waals surface area contributed by atoms with Crippen molar-refractivity contribution >= 4 is 23.4 Å². The van der Waals surface area contributed by atoms with E-state index in [0.717, 1.165) is 5.56 Å². The highest BCUT2D eigenvalue weighted by Crippen LogP contribution is 2.30. The Labute approximate surface area is 127 Å². The van der Waals surface area contributed by atoms with Gasteiger partial charge in [-0.05, 0) is 31.2 Å². The Kier molecular flexibility index (Phi) is 4.65. The lowest BCUT2D eigenvalue weighted by Gasteiger charge is -2.19. The normalized spacial score (nSPS) is 11.8. The fourth-order valence-electron chi connectivity index (χ4n) is 2.02. The highest BCUT2D eigenvalue weighted by molar-refractivity contribution is 6.30. The zero-order valence-corrected chi connectivity index (χ0v) is 12.4. The van der Waals surface area contributed by atoms with E-state index in [1.54, 1.807) is 31.5 Å². The van der Waals surface area contributed by atoms with Crippen molar-refractivity contribution in [2.24, 2.45) is 0 Å². The number of carbonyl (C=O) groups is 1. The number of rotatable bonds is 5. The predicted octanol–water partition coefficient (Wildman–Crippen LogP) is 3.61. The molecule has 2 N–H and O–H groups in total. The van der Waals surface area contributed by atoms with Crippen LogP contribution >= 0.6 is 11.6 Å². The van der Waals surface area contributed by atoms with Crippen LogP contribution in [0, 0.1) is 0 Å². The van der Waals surface area contributed by atoms with Crippen LogP contribution < -0.4 is 10.1 Å². The molecular formula is C15H15ClN2O3. The molecule has 0 aliphatic heterocycles. The van der Waals surface area contributed by atoms with Gasteiger partial charge in [-0.1, -0.05) is 17.7 Å². The number of nitrogens with zero attached hydrogens (tertiary/aromatic N) is 1. The number of methoxy groups -OCH3 is 1. The van der Waals surface area contributed by atoms with Gasteiger partial charge in [-0.2, -0.15) is 0 Å². The lowest BCUT2D eigenvalue weighted by Crippen LogP contribution is -2.13. The van der Waals surface area contributed by atoms with Crippen LogP contribution in [0.1, 0.15) is 28.9 Å². The number of halogens is 1. The van der Waals surface area contributed by atoms with Gasteiger partial charge < -0.3 is 15.2 Å². The SMILES string of the molecule is COc1cc(Cl)ccc1C(C)Nc1ncccc1C(=O)O. The third kappa shape index (κ3) is 3.44. The molecule has 0 aliphatic carbocycles. The summed E-state index contributed by atoms with van der Waals surface area (Å²) >= 11 is 5.94. The molecule has 2 aromatic rings.